The van der Waals surface area contributed by atoms with Crippen molar-refractivity contribution in [2.75, 3.05) is 18.9 Å². The number of aryl methyl sites for hydroxylation is 1. The molecule has 0 spiro atoms. The van der Waals surface area contributed by atoms with E-state index in [0.29, 0.717) is 0 Å². The third-order valence-corrected chi connectivity index (χ3v) is 6.47. The Kier molecular flexibility index (Phi) is 7.17. The molecule has 2 amide bonds. The Labute approximate surface area is 231 Å². The summed E-state index contributed by atoms with van der Waals surface area (Å²) >= 11 is 6.07. The Morgan fingerprint density at radius 2 is 1.90 bits per heavy atom. The fourth-order valence-electron chi connectivity index (χ4n) is 4.18. The molecule has 0 saturated carbocycles. The Morgan fingerprint density at radius 3 is 2.52 bits per heavy atom. The molecule has 1 unspecified atom stereocenters. The van der Waals surface area contributed by atoms with Crippen LogP contribution >= 0.6 is 11.6 Å². The van der Waals surface area contributed by atoms with Crippen LogP contribution in [-0.4, -0.2) is 50.7 Å². The maximum Gasteiger partial charge on any atom is 0.253 e. The number of carbonyl (C=O) groups excluding carboxylic acids is 2. The Morgan fingerprint density at radius 1 is 1.12 bits per heavy atom. The summed E-state index contributed by atoms with van der Waals surface area (Å²) in [6.07, 6.45) is 4.02. The minimum atomic E-state index is -1.37. The van der Waals surface area contributed by atoms with Crippen LogP contribution in [0.25, 0.3) is 22.5 Å². The number of hydrogen-bond acceptors (Lipinski definition) is 9. The van der Waals surface area contributed by atoms with Crippen LogP contribution in [0.4, 0.5) is 14.5 Å². The minimum absolute atomic E-state index is 0.0317. The van der Waals surface area contributed by atoms with Crippen molar-refractivity contribution < 1.29 is 27.6 Å². The topological polar surface area (TPSA) is 158 Å². The summed E-state index contributed by atoms with van der Waals surface area (Å²) < 4.78 is 40.4. The summed E-state index contributed by atoms with van der Waals surface area (Å²) in [5, 5.41) is 9.17. The lowest BCUT2D eigenvalue weighted by atomic mass is 9.94. The van der Waals surface area contributed by atoms with Gasteiger partial charge in [0.05, 0.1) is 41.8 Å². The first-order valence-corrected chi connectivity index (χ1v) is 12.3. The number of benzene rings is 1. The molecule has 1 fully saturated rings. The molecule has 3 aromatic heterocycles. The van der Waals surface area contributed by atoms with Gasteiger partial charge in [-0.15, -0.1) is 0 Å². The lowest BCUT2D eigenvalue weighted by molar-refractivity contribution is -0.147. The zero-order chi connectivity index (χ0) is 28.6. The molecule has 0 aliphatic carbocycles. The number of aromatic nitrogens is 4. The van der Waals surface area contributed by atoms with Crippen molar-refractivity contribution in [2.45, 2.75) is 25.4 Å². The minimum Gasteiger partial charge on any atom is -0.397 e. The number of nitrogens with two attached hydrogens (primary N) is 1. The molecule has 40 heavy (non-hydrogen) atoms. The third-order valence-electron chi connectivity index (χ3n) is 6.25. The lowest BCUT2D eigenvalue weighted by Gasteiger charge is -2.40. The second kappa shape index (κ2) is 10.6. The van der Waals surface area contributed by atoms with Crippen molar-refractivity contribution in [3.05, 3.63) is 76.7 Å². The van der Waals surface area contributed by atoms with E-state index >= 15 is 4.39 Å². The van der Waals surface area contributed by atoms with E-state index in [4.69, 9.17) is 26.6 Å². The third kappa shape index (κ3) is 5.20. The molecule has 5 rings (SSSR count). The van der Waals surface area contributed by atoms with Gasteiger partial charge in [0.15, 0.2) is 5.54 Å². The van der Waals surface area contributed by atoms with Crippen LogP contribution in [0.15, 0.2) is 47.4 Å². The number of pyridine rings is 2. The van der Waals surface area contributed by atoms with E-state index < -0.39 is 35.0 Å². The Bertz CT molecular complexity index is 1630. The number of halogens is 3. The summed E-state index contributed by atoms with van der Waals surface area (Å²) in [6, 6.07) is 4.19. The molecule has 4 heterocycles. The molecular formula is C26H22ClF2N7O4. The molecule has 1 atom stereocenters. The molecule has 0 radical (unpaired) electrons. The van der Waals surface area contributed by atoms with Crippen LogP contribution < -0.4 is 16.4 Å². The number of nitrogens with one attached hydrogen (secondary N) is 2. The van der Waals surface area contributed by atoms with Crippen molar-refractivity contribution in [2.24, 2.45) is 0 Å². The van der Waals surface area contributed by atoms with Crippen LogP contribution in [0.1, 0.15) is 34.9 Å². The number of ether oxygens (including phenoxy) is 1. The largest absolute Gasteiger partial charge is 0.397 e. The maximum atomic E-state index is 15.3. The van der Waals surface area contributed by atoms with Gasteiger partial charge in [0.25, 0.3) is 11.8 Å². The summed E-state index contributed by atoms with van der Waals surface area (Å²) in [4.78, 5) is 38.0. The predicted octanol–water partition coefficient (Wildman–Crippen LogP) is 3.39. The number of anilines is 1. The van der Waals surface area contributed by atoms with E-state index in [-0.39, 0.29) is 63.6 Å². The van der Waals surface area contributed by atoms with Gasteiger partial charge in [-0.1, -0.05) is 16.8 Å². The molecular weight excluding hydrogens is 548 g/mol. The van der Waals surface area contributed by atoms with Gasteiger partial charge in [0.1, 0.15) is 11.6 Å². The average Bonchev–Trinajstić information content (AvgIpc) is 3.30. The van der Waals surface area contributed by atoms with Gasteiger partial charge in [0, 0.05) is 36.1 Å². The summed E-state index contributed by atoms with van der Waals surface area (Å²) in [5.74, 6) is -2.47. The van der Waals surface area contributed by atoms with E-state index in [1.807, 2.05) is 0 Å². The number of rotatable bonds is 7. The van der Waals surface area contributed by atoms with Crippen molar-refractivity contribution in [1.82, 2.24) is 30.7 Å². The number of amides is 2. The summed E-state index contributed by atoms with van der Waals surface area (Å²) in [7, 11) is 0. The Hall–Kier alpha value is -4.49. The predicted molar refractivity (Wildman–Crippen MR) is 139 cm³/mol. The van der Waals surface area contributed by atoms with Crippen molar-refractivity contribution in [3.63, 3.8) is 0 Å². The van der Waals surface area contributed by atoms with E-state index in [1.165, 1.54) is 37.6 Å². The normalized spacial score (nSPS) is 14.7. The van der Waals surface area contributed by atoms with Gasteiger partial charge in [-0.3, -0.25) is 19.6 Å². The second-order valence-corrected chi connectivity index (χ2v) is 9.71. The van der Waals surface area contributed by atoms with Crippen LogP contribution in [0, 0.1) is 18.6 Å². The first-order chi connectivity index (χ1) is 19.1. The Balaban J connectivity index is 1.37. The standard InChI is InChI=1S/C26H22ClF2N7O4/c1-12(33-25(38)26(10-39-11-26)35-24(37)15-3-17(30)9-31-7-15)22-20(29)4-14(8-32-22)18-5-16(27)6-19(28)21(18)23-34-13(2)40-36-23/h3-9,12H,10-11,30H2,1-2H3,(H,33,38)(H,35,37). The molecule has 1 aliphatic heterocycles. The molecule has 4 N–H and O–H groups in total. The molecule has 1 aromatic carbocycles. The molecule has 1 saturated heterocycles. The van der Waals surface area contributed by atoms with Gasteiger partial charge in [-0.2, -0.15) is 4.98 Å². The molecule has 0 bridgehead atoms. The SMILES string of the molecule is Cc1nc(-c2c(F)cc(Cl)cc2-c2cnc(C(C)NC(=O)C3(NC(=O)c4cncc(N)c4)COC3)c(F)c2)no1. The van der Waals surface area contributed by atoms with Crippen molar-refractivity contribution in [1.29, 1.82) is 0 Å². The number of nitrogens with zero attached hydrogens (tertiary/aromatic N) is 4. The monoisotopic (exact) mass is 569 g/mol. The highest BCUT2D eigenvalue weighted by atomic mass is 35.5. The van der Waals surface area contributed by atoms with E-state index in [1.54, 1.807) is 6.92 Å². The van der Waals surface area contributed by atoms with Gasteiger partial charge < -0.3 is 25.6 Å². The summed E-state index contributed by atoms with van der Waals surface area (Å²) in [6.45, 7) is 2.92. The van der Waals surface area contributed by atoms with Crippen LogP contribution in [-0.2, 0) is 9.53 Å². The molecule has 206 valence electrons. The molecule has 1 aliphatic rings. The van der Waals surface area contributed by atoms with Gasteiger partial charge in [0.2, 0.25) is 11.7 Å². The second-order valence-electron chi connectivity index (χ2n) is 9.27. The summed E-state index contributed by atoms with van der Waals surface area (Å²) in [5.41, 5.74) is 5.05. The first-order valence-electron chi connectivity index (χ1n) is 11.9. The lowest BCUT2D eigenvalue weighted by Crippen LogP contribution is -2.70. The highest BCUT2D eigenvalue weighted by Crippen LogP contribution is 2.36. The highest BCUT2D eigenvalue weighted by molar-refractivity contribution is 6.31. The zero-order valence-corrected chi connectivity index (χ0v) is 21.9. The maximum absolute atomic E-state index is 15.3. The van der Waals surface area contributed by atoms with E-state index in [9.17, 15) is 14.0 Å². The van der Waals surface area contributed by atoms with Gasteiger partial charge >= 0.3 is 0 Å². The van der Waals surface area contributed by atoms with E-state index in [2.05, 4.69) is 30.7 Å². The van der Waals surface area contributed by atoms with Gasteiger partial charge in [-0.25, -0.2) is 8.78 Å². The highest BCUT2D eigenvalue weighted by Gasteiger charge is 2.48. The molecule has 11 nitrogen and oxygen atoms in total. The quantitative estimate of drug-likeness (QED) is 0.303. The smallest absolute Gasteiger partial charge is 0.253 e. The fourth-order valence-corrected chi connectivity index (χ4v) is 4.39. The van der Waals surface area contributed by atoms with Crippen LogP contribution in [0.5, 0.6) is 0 Å². The molecule has 14 heteroatoms. The number of hydrogen-bond donors (Lipinski definition) is 3. The first kappa shape index (κ1) is 27.1. The van der Waals surface area contributed by atoms with Gasteiger partial charge in [-0.05, 0) is 36.8 Å². The zero-order valence-electron chi connectivity index (χ0n) is 21.2. The van der Waals surface area contributed by atoms with Crippen LogP contribution in [0.2, 0.25) is 5.02 Å². The number of nitrogen functional groups attached to an aromatic ring is 1. The van der Waals surface area contributed by atoms with Crippen LogP contribution in [0.3, 0.4) is 0 Å². The van der Waals surface area contributed by atoms with E-state index in [0.717, 1.165) is 12.1 Å². The fraction of sp³-hybridized carbons (Fsp3) is 0.231. The average molecular weight is 570 g/mol. The van der Waals surface area contributed by atoms with Crippen molar-refractivity contribution >= 4 is 29.1 Å². The molecule has 4 aromatic rings. The van der Waals surface area contributed by atoms with Crippen molar-refractivity contribution in [3.8, 4) is 22.5 Å². The number of carbonyl (C=O) groups is 2.